The lowest BCUT2D eigenvalue weighted by molar-refractivity contribution is -0.115. The maximum absolute atomic E-state index is 12.4. The Bertz CT molecular complexity index is 958. The lowest BCUT2D eigenvalue weighted by Crippen LogP contribution is -2.34. The number of hydrogen-bond donors (Lipinski definition) is 2. The van der Waals surface area contributed by atoms with E-state index in [0.717, 1.165) is 16.7 Å². The van der Waals surface area contributed by atoms with Crippen LogP contribution in [0.2, 0.25) is 0 Å². The molecule has 7 heteroatoms. The molecule has 2 N–H and O–H groups in total. The molecular formula is C20H24N2O4S. The fourth-order valence-electron chi connectivity index (χ4n) is 2.90. The molecule has 0 radical (unpaired) electrons. The fraction of sp³-hybridized carbons (Fsp3) is 0.300. The van der Waals surface area contributed by atoms with Gasteiger partial charge < -0.3 is 10.6 Å². The molecule has 0 saturated heterocycles. The Hall–Kier alpha value is -2.67. The largest absolute Gasteiger partial charge is 0.343 e. The summed E-state index contributed by atoms with van der Waals surface area (Å²) in [6.07, 6.45) is 0. The van der Waals surface area contributed by atoms with Crippen LogP contribution in [-0.4, -0.2) is 32.5 Å². The number of carbonyl (C=O) groups is 2. The second-order valence-corrected chi connectivity index (χ2v) is 8.65. The van der Waals surface area contributed by atoms with Gasteiger partial charge in [0.2, 0.25) is 5.91 Å². The Morgan fingerprint density at radius 1 is 1.00 bits per heavy atom. The number of aryl methyl sites for hydroxylation is 3. The molecule has 2 aromatic rings. The fourth-order valence-corrected chi connectivity index (χ4v) is 3.99. The predicted octanol–water partition coefficient (Wildman–Crippen LogP) is 2.77. The van der Waals surface area contributed by atoms with Gasteiger partial charge in [-0.1, -0.05) is 36.8 Å². The molecule has 27 heavy (non-hydrogen) atoms. The Morgan fingerprint density at radius 2 is 1.59 bits per heavy atom. The zero-order valence-electron chi connectivity index (χ0n) is 15.9. The molecule has 0 heterocycles. The highest BCUT2D eigenvalue weighted by Gasteiger charge is 2.21. The van der Waals surface area contributed by atoms with Crippen LogP contribution in [0.1, 0.15) is 34.0 Å². The molecule has 0 bridgehead atoms. The third-order valence-electron chi connectivity index (χ3n) is 4.20. The predicted molar refractivity (Wildman–Crippen MR) is 106 cm³/mol. The van der Waals surface area contributed by atoms with Crippen LogP contribution < -0.4 is 10.6 Å². The first-order valence-electron chi connectivity index (χ1n) is 8.63. The second-order valence-electron chi connectivity index (χ2n) is 6.40. The van der Waals surface area contributed by atoms with E-state index in [1.165, 1.54) is 19.1 Å². The van der Waals surface area contributed by atoms with Crippen molar-refractivity contribution in [2.75, 3.05) is 17.6 Å². The smallest absolute Gasteiger partial charge is 0.253 e. The number of sulfone groups is 1. The quantitative estimate of drug-likeness (QED) is 0.796. The van der Waals surface area contributed by atoms with Crippen LogP contribution in [0.15, 0.2) is 41.3 Å². The molecule has 2 amide bonds. The first-order chi connectivity index (χ1) is 12.7. The van der Waals surface area contributed by atoms with Crippen molar-refractivity contribution in [1.29, 1.82) is 0 Å². The summed E-state index contributed by atoms with van der Waals surface area (Å²) in [5, 5.41) is 5.29. The molecule has 0 aliphatic carbocycles. The number of rotatable bonds is 6. The molecule has 144 valence electrons. The van der Waals surface area contributed by atoms with Gasteiger partial charge in [0.05, 0.1) is 22.8 Å². The van der Waals surface area contributed by atoms with Gasteiger partial charge in [-0.3, -0.25) is 9.59 Å². The highest BCUT2D eigenvalue weighted by molar-refractivity contribution is 7.91. The van der Waals surface area contributed by atoms with Crippen molar-refractivity contribution in [3.63, 3.8) is 0 Å². The number of hydrogen-bond acceptors (Lipinski definition) is 4. The van der Waals surface area contributed by atoms with Crippen LogP contribution >= 0.6 is 0 Å². The maximum Gasteiger partial charge on any atom is 0.253 e. The van der Waals surface area contributed by atoms with Crippen LogP contribution in [0.25, 0.3) is 0 Å². The SMILES string of the molecule is CCS(=O)(=O)c1ccccc1C(=O)NCC(=O)Nc1c(C)cc(C)cc1C. The number of benzene rings is 2. The minimum Gasteiger partial charge on any atom is -0.343 e. The molecule has 2 aromatic carbocycles. The first kappa shape index (κ1) is 20.6. The molecule has 0 unspecified atom stereocenters. The Balaban J connectivity index is 2.10. The zero-order valence-corrected chi connectivity index (χ0v) is 16.7. The van der Waals surface area contributed by atoms with E-state index in [1.807, 2.05) is 32.9 Å². The van der Waals surface area contributed by atoms with Crippen molar-refractivity contribution in [2.24, 2.45) is 0 Å². The van der Waals surface area contributed by atoms with E-state index in [0.29, 0.717) is 5.69 Å². The molecule has 2 rings (SSSR count). The van der Waals surface area contributed by atoms with Gasteiger partial charge in [0.25, 0.3) is 5.91 Å². The van der Waals surface area contributed by atoms with Crippen molar-refractivity contribution < 1.29 is 18.0 Å². The highest BCUT2D eigenvalue weighted by atomic mass is 32.2. The van der Waals surface area contributed by atoms with Gasteiger partial charge in [-0.2, -0.15) is 0 Å². The van der Waals surface area contributed by atoms with Crippen LogP contribution in [0, 0.1) is 20.8 Å². The van der Waals surface area contributed by atoms with E-state index in [9.17, 15) is 18.0 Å². The normalized spacial score (nSPS) is 11.1. The van der Waals surface area contributed by atoms with Crippen LogP contribution in [0.5, 0.6) is 0 Å². The van der Waals surface area contributed by atoms with E-state index < -0.39 is 15.7 Å². The summed E-state index contributed by atoms with van der Waals surface area (Å²) in [6, 6.07) is 9.91. The zero-order chi connectivity index (χ0) is 20.2. The Labute approximate surface area is 159 Å². The van der Waals surface area contributed by atoms with Crippen LogP contribution in [0.3, 0.4) is 0 Å². The van der Waals surface area contributed by atoms with Crippen molar-refractivity contribution in [1.82, 2.24) is 5.32 Å². The summed E-state index contributed by atoms with van der Waals surface area (Å²) in [7, 11) is -3.54. The van der Waals surface area contributed by atoms with E-state index in [-0.39, 0.29) is 28.7 Å². The number of carbonyl (C=O) groups excluding carboxylic acids is 2. The topological polar surface area (TPSA) is 92.3 Å². The van der Waals surface area contributed by atoms with Gasteiger partial charge >= 0.3 is 0 Å². The summed E-state index contributed by atoms with van der Waals surface area (Å²) in [5.41, 5.74) is 3.73. The average Bonchev–Trinajstić information content (AvgIpc) is 2.62. The lowest BCUT2D eigenvalue weighted by Gasteiger charge is -2.14. The van der Waals surface area contributed by atoms with Crippen LogP contribution in [-0.2, 0) is 14.6 Å². The molecule has 0 spiro atoms. The molecule has 0 aromatic heterocycles. The molecular weight excluding hydrogens is 364 g/mol. The van der Waals surface area contributed by atoms with Gasteiger partial charge in [-0.25, -0.2) is 8.42 Å². The van der Waals surface area contributed by atoms with E-state index >= 15 is 0 Å². The summed E-state index contributed by atoms with van der Waals surface area (Å²) in [4.78, 5) is 24.6. The third-order valence-corrected chi connectivity index (χ3v) is 5.98. The molecule has 0 fully saturated rings. The molecule has 0 aliphatic heterocycles. The van der Waals surface area contributed by atoms with Crippen LogP contribution in [0.4, 0.5) is 5.69 Å². The summed E-state index contributed by atoms with van der Waals surface area (Å²) < 4.78 is 24.3. The minimum absolute atomic E-state index is 0.0318. The number of anilines is 1. The molecule has 0 saturated carbocycles. The van der Waals surface area contributed by atoms with Gasteiger partial charge in [0.15, 0.2) is 9.84 Å². The molecule has 0 aliphatic rings. The summed E-state index contributed by atoms with van der Waals surface area (Å²) >= 11 is 0. The maximum atomic E-state index is 12.4. The Morgan fingerprint density at radius 3 is 2.19 bits per heavy atom. The number of nitrogens with one attached hydrogen (secondary N) is 2. The standard InChI is InChI=1S/C20H24N2O4S/c1-5-27(25,26)17-9-7-6-8-16(17)20(24)21-12-18(23)22-19-14(3)10-13(2)11-15(19)4/h6-11H,5,12H2,1-4H3,(H,21,24)(H,22,23). The van der Waals surface area contributed by atoms with Crippen molar-refractivity contribution >= 4 is 27.3 Å². The van der Waals surface area contributed by atoms with Gasteiger partial charge in [-0.15, -0.1) is 0 Å². The number of amides is 2. The van der Waals surface area contributed by atoms with E-state index in [4.69, 9.17) is 0 Å². The summed E-state index contributed by atoms with van der Waals surface area (Å²) in [5.74, 6) is -1.09. The van der Waals surface area contributed by atoms with Crippen molar-refractivity contribution in [3.05, 3.63) is 58.7 Å². The monoisotopic (exact) mass is 388 g/mol. The minimum atomic E-state index is -3.54. The molecule has 6 nitrogen and oxygen atoms in total. The van der Waals surface area contributed by atoms with E-state index in [1.54, 1.807) is 12.1 Å². The third kappa shape index (κ3) is 4.95. The van der Waals surface area contributed by atoms with E-state index in [2.05, 4.69) is 10.6 Å². The van der Waals surface area contributed by atoms with Crippen molar-refractivity contribution in [2.45, 2.75) is 32.6 Å². The average molecular weight is 388 g/mol. The van der Waals surface area contributed by atoms with Gasteiger partial charge in [-0.05, 0) is 44.0 Å². The van der Waals surface area contributed by atoms with Gasteiger partial charge in [0, 0.05) is 5.69 Å². The first-order valence-corrected chi connectivity index (χ1v) is 10.3. The van der Waals surface area contributed by atoms with Crippen molar-refractivity contribution in [3.8, 4) is 0 Å². The lowest BCUT2D eigenvalue weighted by atomic mass is 10.1. The summed E-state index contributed by atoms with van der Waals surface area (Å²) in [6.45, 7) is 7.05. The highest BCUT2D eigenvalue weighted by Crippen LogP contribution is 2.21. The molecule has 0 atom stereocenters. The van der Waals surface area contributed by atoms with Gasteiger partial charge in [0.1, 0.15) is 0 Å². The Kier molecular flexibility index (Phi) is 6.38. The second kappa shape index (κ2) is 8.35.